The van der Waals surface area contributed by atoms with Crippen molar-refractivity contribution in [3.8, 4) is 5.75 Å². The van der Waals surface area contributed by atoms with E-state index in [1.807, 2.05) is 43.9 Å². The second kappa shape index (κ2) is 9.75. The van der Waals surface area contributed by atoms with Gasteiger partial charge in [-0.3, -0.25) is 9.59 Å². The number of benzene rings is 1. The summed E-state index contributed by atoms with van der Waals surface area (Å²) in [6, 6.07) is 5.84. The average molecular weight is 418 g/mol. The van der Waals surface area contributed by atoms with E-state index in [1.54, 1.807) is 7.11 Å². The molecular formula is C24H35NO3S. The van der Waals surface area contributed by atoms with Crippen molar-refractivity contribution in [2.45, 2.75) is 60.8 Å². The van der Waals surface area contributed by atoms with E-state index in [4.69, 9.17) is 4.74 Å². The van der Waals surface area contributed by atoms with Crippen LogP contribution in [0.5, 0.6) is 5.75 Å². The van der Waals surface area contributed by atoms with Gasteiger partial charge in [-0.15, -0.1) is 11.3 Å². The molecule has 0 radical (unpaired) electrons. The molecular weight excluding hydrogens is 382 g/mol. The van der Waals surface area contributed by atoms with Crippen LogP contribution in [0.25, 0.3) is 10.1 Å². The monoisotopic (exact) mass is 417 g/mol. The molecule has 0 aliphatic rings. The number of carbonyl (C=O) groups excluding carboxylic acids is 2. The molecule has 2 rings (SSSR count). The Hall–Kier alpha value is -1.88. The maximum absolute atomic E-state index is 13.2. The first-order valence-electron chi connectivity index (χ1n) is 10.5. The van der Waals surface area contributed by atoms with Gasteiger partial charge >= 0.3 is 0 Å². The predicted molar refractivity (Wildman–Crippen MR) is 122 cm³/mol. The lowest BCUT2D eigenvalue weighted by Crippen LogP contribution is -2.35. The fourth-order valence-corrected chi connectivity index (χ4v) is 4.49. The van der Waals surface area contributed by atoms with Crippen LogP contribution in [0.3, 0.4) is 0 Å². The first-order chi connectivity index (χ1) is 13.6. The van der Waals surface area contributed by atoms with Crippen LogP contribution in [0.15, 0.2) is 18.2 Å². The third-order valence-electron chi connectivity index (χ3n) is 5.48. The van der Waals surface area contributed by atoms with E-state index >= 15 is 0 Å². The summed E-state index contributed by atoms with van der Waals surface area (Å²) in [5.41, 5.74) is 1.03. The zero-order valence-corrected chi connectivity index (χ0v) is 19.7. The van der Waals surface area contributed by atoms with Crippen molar-refractivity contribution in [1.29, 1.82) is 0 Å². The molecule has 0 fully saturated rings. The fourth-order valence-electron chi connectivity index (χ4n) is 3.23. The van der Waals surface area contributed by atoms with Crippen molar-refractivity contribution in [3.63, 3.8) is 0 Å². The van der Waals surface area contributed by atoms with E-state index in [1.165, 1.54) is 11.3 Å². The maximum Gasteiger partial charge on any atom is 0.227 e. The van der Waals surface area contributed by atoms with Gasteiger partial charge < -0.3 is 9.64 Å². The highest BCUT2D eigenvalue weighted by atomic mass is 32.1. The standard InChI is InChI=1S/C24H35NO3S/c1-8-16(3)22(27)23-19(18-14-17(28-7)10-11-20(18)29-23)15-21(26)25(9-2)13-12-24(4,5)6/h10-11,14,16H,8-9,12-13,15H2,1-7H3. The van der Waals surface area contributed by atoms with E-state index < -0.39 is 0 Å². The molecule has 1 unspecified atom stereocenters. The highest BCUT2D eigenvalue weighted by Gasteiger charge is 2.25. The Morgan fingerprint density at radius 3 is 2.45 bits per heavy atom. The lowest BCUT2D eigenvalue weighted by Gasteiger charge is -2.26. The van der Waals surface area contributed by atoms with Gasteiger partial charge in [0.15, 0.2) is 5.78 Å². The highest BCUT2D eigenvalue weighted by Crippen LogP contribution is 2.36. The summed E-state index contributed by atoms with van der Waals surface area (Å²) in [6.07, 6.45) is 1.99. The molecule has 5 heteroatoms. The minimum atomic E-state index is -0.0537. The maximum atomic E-state index is 13.2. The number of thiophene rings is 1. The van der Waals surface area contributed by atoms with Crippen LogP contribution < -0.4 is 4.74 Å². The van der Waals surface area contributed by atoms with Crippen LogP contribution in [-0.4, -0.2) is 36.8 Å². The van der Waals surface area contributed by atoms with Gasteiger partial charge in [0.05, 0.1) is 18.4 Å². The van der Waals surface area contributed by atoms with Gasteiger partial charge in [0, 0.05) is 29.1 Å². The van der Waals surface area contributed by atoms with Gasteiger partial charge in [0.25, 0.3) is 0 Å². The summed E-state index contributed by atoms with van der Waals surface area (Å²) in [6.45, 7) is 14.0. The topological polar surface area (TPSA) is 46.6 Å². The number of nitrogens with zero attached hydrogens (tertiary/aromatic N) is 1. The number of Topliss-reactive ketones (excluding diaryl/α,β-unsaturated/α-hetero) is 1. The minimum absolute atomic E-state index is 0.0537. The van der Waals surface area contributed by atoms with Crippen LogP contribution in [0.2, 0.25) is 0 Å². The summed E-state index contributed by atoms with van der Waals surface area (Å²) >= 11 is 1.50. The molecule has 0 bridgehead atoms. The van der Waals surface area contributed by atoms with Gasteiger partial charge in [-0.05, 0) is 48.9 Å². The quantitative estimate of drug-likeness (QED) is 0.473. The number of rotatable bonds is 9. The number of ketones is 1. The second-order valence-electron chi connectivity index (χ2n) is 8.91. The van der Waals surface area contributed by atoms with E-state index in [-0.39, 0.29) is 29.4 Å². The molecule has 0 aliphatic heterocycles. The van der Waals surface area contributed by atoms with Gasteiger partial charge in [-0.2, -0.15) is 0 Å². The minimum Gasteiger partial charge on any atom is -0.497 e. The molecule has 29 heavy (non-hydrogen) atoms. The average Bonchev–Trinajstić information content (AvgIpc) is 3.03. The fraction of sp³-hybridized carbons (Fsp3) is 0.583. The lowest BCUT2D eigenvalue weighted by molar-refractivity contribution is -0.130. The Morgan fingerprint density at radius 1 is 1.21 bits per heavy atom. The summed E-state index contributed by atoms with van der Waals surface area (Å²) in [5.74, 6) is 0.902. The number of hydrogen-bond acceptors (Lipinski definition) is 4. The van der Waals surface area contributed by atoms with Crippen LogP contribution in [0.4, 0.5) is 0 Å². The Labute approximate surface area is 179 Å². The molecule has 2 aromatic rings. The molecule has 0 spiro atoms. The first-order valence-corrected chi connectivity index (χ1v) is 11.3. The van der Waals surface area contributed by atoms with Crippen LogP contribution in [0, 0.1) is 11.3 Å². The van der Waals surface area contributed by atoms with Gasteiger partial charge in [-0.25, -0.2) is 0 Å². The van der Waals surface area contributed by atoms with Crippen LogP contribution >= 0.6 is 11.3 Å². The Kier molecular flexibility index (Phi) is 7.87. The number of methoxy groups -OCH3 is 1. The molecule has 0 N–H and O–H groups in total. The Balaban J connectivity index is 2.42. The van der Waals surface area contributed by atoms with Gasteiger partial charge in [-0.1, -0.05) is 34.6 Å². The Morgan fingerprint density at radius 2 is 1.90 bits per heavy atom. The van der Waals surface area contributed by atoms with Gasteiger partial charge in [0.2, 0.25) is 5.91 Å². The highest BCUT2D eigenvalue weighted by molar-refractivity contribution is 7.21. The normalized spacial score (nSPS) is 12.8. The number of carbonyl (C=O) groups is 2. The molecule has 1 atom stereocenters. The zero-order chi connectivity index (χ0) is 21.8. The van der Waals surface area contributed by atoms with E-state index in [0.717, 1.165) is 45.7 Å². The third kappa shape index (κ3) is 5.81. The number of ether oxygens (including phenoxy) is 1. The van der Waals surface area contributed by atoms with Crippen LogP contribution in [0.1, 0.15) is 69.6 Å². The number of amides is 1. The van der Waals surface area contributed by atoms with Crippen molar-refractivity contribution >= 4 is 33.1 Å². The third-order valence-corrected chi connectivity index (χ3v) is 6.70. The molecule has 1 aromatic heterocycles. The molecule has 4 nitrogen and oxygen atoms in total. The largest absolute Gasteiger partial charge is 0.497 e. The summed E-state index contributed by atoms with van der Waals surface area (Å²) in [5, 5.41) is 0.959. The summed E-state index contributed by atoms with van der Waals surface area (Å²) in [7, 11) is 1.63. The molecule has 0 saturated heterocycles. The van der Waals surface area contributed by atoms with Crippen molar-refractivity contribution in [3.05, 3.63) is 28.6 Å². The summed E-state index contributed by atoms with van der Waals surface area (Å²) < 4.78 is 6.42. The number of fused-ring (bicyclic) bond motifs is 1. The van der Waals surface area contributed by atoms with Gasteiger partial charge in [0.1, 0.15) is 5.75 Å². The SMILES string of the molecule is CCC(C)C(=O)c1sc2ccc(OC)cc2c1CC(=O)N(CC)CCC(C)(C)C. The van der Waals surface area contributed by atoms with Crippen molar-refractivity contribution in [1.82, 2.24) is 4.90 Å². The summed E-state index contributed by atoms with van der Waals surface area (Å²) in [4.78, 5) is 28.8. The smallest absolute Gasteiger partial charge is 0.227 e. The molecule has 0 saturated carbocycles. The molecule has 1 amide bonds. The Bertz CT molecular complexity index is 863. The molecule has 1 heterocycles. The number of likely N-dealkylation sites (N-methyl/N-ethyl adjacent to an activating group) is 1. The number of hydrogen-bond donors (Lipinski definition) is 0. The second-order valence-corrected chi connectivity index (χ2v) is 9.96. The van der Waals surface area contributed by atoms with Crippen molar-refractivity contribution in [2.75, 3.05) is 20.2 Å². The lowest BCUT2D eigenvalue weighted by atomic mass is 9.92. The molecule has 160 valence electrons. The molecule has 0 aliphatic carbocycles. The van der Waals surface area contributed by atoms with Crippen LogP contribution in [-0.2, 0) is 11.2 Å². The van der Waals surface area contributed by atoms with Crippen molar-refractivity contribution in [2.24, 2.45) is 11.3 Å². The van der Waals surface area contributed by atoms with E-state index in [2.05, 4.69) is 20.8 Å². The molecule has 1 aromatic carbocycles. The predicted octanol–water partition coefficient (Wildman–Crippen LogP) is 5.97. The van der Waals surface area contributed by atoms with E-state index in [9.17, 15) is 9.59 Å². The van der Waals surface area contributed by atoms with Crippen molar-refractivity contribution < 1.29 is 14.3 Å². The van der Waals surface area contributed by atoms with E-state index in [0.29, 0.717) is 6.54 Å². The zero-order valence-electron chi connectivity index (χ0n) is 18.9. The first kappa shape index (κ1) is 23.4.